The maximum absolute atomic E-state index is 12.6. The lowest BCUT2D eigenvalue weighted by molar-refractivity contribution is -0.130. The van der Waals surface area contributed by atoms with Crippen molar-refractivity contribution in [3.63, 3.8) is 0 Å². The van der Waals surface area contributed by atoms with Gasteiger partial charge >= 0.3 is 0 Å². The van der Waals surface area contributed by atoms with Crippen molar-refractivity contribution in [2.45, 2.75) is 50.9 Å². The van der Waals surface area contributed by atoms with Crippen molar-refractivity contribution in [2.24, 2.45) is 5.92 Å². The smallest absolute Gasteiger partial charge is 0.243 e. The third-order valence-electron chi connectivity index (χ3n) is 4.86. The molecule has 2 aromatic rings. The molecule has 2 rings (SSSR count). The second kappa shape index (κ2) is 14.8. The van der Waals surface area contributed by atoms with Crippen molar-refractivity contribution in [2.75, 3.05) is 18.1 Å². The van der Waals surface area contributed by atoms with E-state index in [-0.39, 0.29) is 31.4 Å². The van der Waals surface area contributed by atoms with Crippen molar-refractivity contribution < 1.29 is 19.5 Å². The number of aliphatic hydroxyl groups excluding tert-OH is 1. The molecule has 0 saturated carbocycles. The summed E-state index contributed by atoms with van der Waals surface area (Å²) in [6, 6.07) is 5.98. The number of unbranched alkanes of at least 4 members (excludes halogenated alkanes) is 1. The quantitative estimate of drug-likeness (QED) is 0.162. The van der Waals surface area contributed by atoms with Crippen LogP contribution in [0.3, 0.4) is 0 Å². The molecule has 0 radical (unpaired) electrons. The zero-order valence-electron chi connectivity index (χ0n) is 20.1. The Bertz CT molecular complexity index is 1050. The van der Waals surface area contributed by atoms with E-state index < -0.39 is 17.9 Å². The Hall–Kier alpha value is -3.42. The van der Waals surface area contributed by atoms with Crippen LogP contribution in [0.5, 0.6) is 0 Å². The first-order chi connectivity index (χ1) is 16.8. The van der Waals surface area contributed by atoms with E-state index in [2.05, 4.69) is 37.8 Å². The third-order valence-corrected chi connectivity index (χ3v) is 5.43. The molecule has 9 nitrogen and oxygen atoms in total. The molecule has 3 amide bonds. The number of hydrogen-bond donors (Lipinski definition) is 4. The highest BCUT2D eigenvalue weighted by atomic mass is 32.2. The normalized spacial score (nSPS) is 11.2. The number of amides is 3. The molecule has 1 unspecified atom stereocenters. The number of nitrogens with one attached hydrogen (secondary N) is 3. The number of thioether (sulfide) groups is 1. The highest BCUT2D eigenvalue weighted by Gasteiger charge is 2.24. The summed E-state index contributed by atoms with van der Waals surface area (Å²) in [5.74, 6) is 4.75. The largest absolute Gasteiger partial charge is 0.392 e. The van der Waals surface area contributed by atoms with E-state index in [4.69, 9.17) is 5.11 Å². The van der Waals surface area contributed by atoms with Gasteiger partial charge in [0.05, 0.1) is 18.7 Å². The van der Waals surface area contributed by atoms with Gasteiger partial charge in [-0.1, -0.05) is 49.6 Å². The Labute approximate surface area is 209 Å². The Balaban J connectivity index is 1.74. The van der Waals surface area contributed by atoms with Gasteiger partial charge in [0.25, 0.3) is 0 Å². The number of nitrogens with zero attached hydrogens (tertiary/aromatic N) is 2. The maximum Gasteiger partial charge on any atom is 0.243 e. The summed E-state index contributed by atoms with van der Waals surface area (Å²) in [7, 11) is 0. The van der Waals surface area contributed by atoms with E-state index in [1.165, 1.54) is 11.8 Å². The van der Waals surface area contributed by atoms with E-state index in [0.717, 1.165) is 11.1 Å². The summed E-state index contributed by atoms with van der Waals surface area (Å²) in [4.78, 5) is 45.4. The van der Waals surface area contributed by atoms with Gasteiger partial charge in [0.15, 0.2) is 5.16 Å². The summed E-state index contributed by atoms with van der Waals surface area (Å²) >= 11 is 1.46. The average molecular weight is 498 g/mol. The van der Waals surface area contributed by atoms with E-state index in [9.17, 15) is 14.4 Å². The van der Waals surface area contributed by atoms with Crippen LogP contribution in [0, 0.1) is 17.8 Å². The van der Waals surface area contributed by atoms with E-state index in [1.54, 1.807) is 36.7 Å². The second-order valence-corrected chi connectivity index (χ2v) is 8.80. The molecule has 4 N–H and O–H groups in total. The minimum Gasteiger partial charge on any atom is -0.392 e. The first kappa shape index (κ1) is 27.8. The molecule has 0 bridgehead atoms. The lowest BCUT2D eigenvalue weighted by atomic mass is 10.0. The monoisotopic (exact) mass is 497 g/mol. The highest BCUT2D eigenvalue weighted by molar-refractivity contribution is 7.98. The molecular weight excluding hydrogens is 466 g/mol. The lowest BCUT2D eigenvalue weighted by Crippen LogP contribution is -2.51. The Kier molecular flexibility index (Phi) is 11.7. The first-order valence-electron chi connectivity index (χ1n) is 11.2. The van der Waals surface area contributed by atoms with Crippen LogP contribution in [-0.2, 0) is 21.0 Å². The summed E-state index contributed by atoms with van der Waals surface area (Å²) in [6.07, 6.45) is 6.53. The number of benzene rings is 1. The number of rotatable bonds is 11. The summed E-state index contributed by atoms with van der Waals surface area (Å²) in [5, 5.41) is 17.7. The molecule has 0 fully saturated rings. The van der Waals surface area contributed by atoms with Crippen molar-refractivity contribution >= 4 is 35.2 Å². The van der Waals surface area contributed by atoms with Crippen molar-refractivity contribution in [1.82, 2.24) is 20.6 Å². The number of carbonyl (C=O) groups excluding carboxylic acids is 3. The van der Waals surface area contributed by atoms with Crippen LogP contribution in [0.2, 0.25) is 0 Å². The lowest BCUT2D eigenvalue weighted by Gasteiger charge is -2.21. The number of hydrogen-bond acceptors (Lipinski definition) is 7. The van der Waals surface area contributed by atoms with Gasteiger partial charge < -0.3 is 21.1 Å². The topological polar surface area (TPSA) is 133 Å². The number of carbonyl (C=O) groups is 3. The van der Waals surface area contributed by atoms with Crippen LogP contribution in [0.25, 0.3) is 0 Å². The minimum atomic E-state index is -0.752. The number of aromatic nitrogens is 2. The predicted molar refractivity (Wildman–Crippen MR) is 135 cm³/mol. The molecule has 186 valence electrons. The molecule has 0 spiro atoms. The van der Waals surface area contributed by atoms with E-state index in [0.29, 0.717) is 23.7 Å². The van der Waals surface area contributed by atoms with Gasteiger partial charge in [-0.15, -0.1) is 0 Å². The number of aliphatic hydroxyl groups is 1. The standard InChI is InChI=1S/C25H31N5O4S/c1-17(2)23(24(34)26-15-22(33)29-20-11-9-18(16-31)10-12-20)30-21(32)8-6-4-5-7-19-13-27-25(35-3)28-14-19/h9-14,17,23,31H,4,6,8,15-16H2,1-3H3,(H,26,34)(H,29,33)(H,30,32). The average Bonchev–Trinajstić information content (AvgIpc) is 2.86. The van der Waals surface area contributed by atoms with Crippen molar-refractivity contribution in [3.05, 3.63) is 47.8 Å². The van der Waals surface area contributed by atoms with Crippen LogP contribution >= 0.6 is 11.8 Å². The molecule has 35 heavy (non-hydrogen) atoms. The van der Waals surface area contributed by atoms with E-state index in [1.807, 2.05) is 20.1 Å². The molecule has 0 saturated heterocycles. The Morgan fingerprint density at radius 3 is 2.37 bits per heavy atom. The van der Waals surface area contributed by atoms with Gasteiger partial charge in [-0.25, -0.2) is 9.97 Å². The molecule has 10 heteroatoms. The zero-order valence-corrected chi connectivity index (χ0v) is 20.9. The van der Waals surface area contributed by atoms with Crippen LogP contribution in [-0.4, -0.2) is 51.6 Å². The Morgan fingerprint density at radius 2 is 1.77 bits per heavy atom. The third kappa shape index (κ3) is 10.2. The summed E-state index contributed by atoms with van der Waals surface area (Å²) in [6.45, 7) is 3.34. The van der Waals surface area contributed by atoms with Crippen LogP contribution < -0.4 is 16.0 Å². The van der Waals surface area contributed by atoms with Crippen molar-refractivity contribution in [1.29, 1.82) is 0 Å². The molecule has 1 atom stereocenters. The van der Waals surface area contributed by atoms with Gasteiger partial charge in [-0.05, 0) is 36.3 Å². The molecule has 0 aliphatic rings. The van der Waals surface area contributed by atoms with Gasteiger partial charge in [-0.3, -0.25) is 14.4 Å². The van der Waals surface area contributed by atoms with Gasteiger partial charge in [0.2, 0.25) is 17.7 Å². The maximum atomic E-state index is 12.6. The fourth-order valence-corrected chi connectivity index (χ4v) is 3.26. The molecule has 0 aliphatic heterocycles. The van der Waals surface area contributed by atoms with Crippen LogP contribution in [0.1, 0.15) is 44.2 Å². The summed E-state index contributed by atoms with van der Waals surface area (Å²) in [5.41, 5.74) is 2.01. The molecule has 0 aliphatic carbocycles. The van der Waals surface area contributed by atoms with Crippen LogP contribution in [0.15, 0.2) is 41.8 Å². The van der Waals surface area contributed by atoms with Gasteiger partial charge in [-0.2, -0.15) is 0 Å². The fraction of sp³-hybridized carbons (Fsp3) is 0.400. The highest BCUT2D eigenvalue weighted by Crippen LogP contribution is 2.09. The Morgan fingerprint density at radius 1 is 1.09 bits per heavy atom. The molecule has 1 heterocycles. The first-order valence-corrected chi connectivity index (χ1v) is 12.5. The molecular formula is C25H31N5O4S. The fourth-order valence-electron chi connectivity index (χ4n) is 2.94. The minimum absolute atomic E-state index is 0.0811. The second-order valence-electron chi connectivity index (χ2n) is 8.02. The van der Waals surface area contributed by atoms with E-state index >= 15 is 0 Å². The number of anilines is 1. The van der Waals surface area contributed by atoms with Crippen LogP contribution in [0.4, 0.5) is 5.69 Å². The van der Waals surface area contributed by atoms with Gasteiger partial charge in [0, 0.05) is 30.9 Å². The predicted octanol–water partition coefficient (Wildman–Crippen LogP) is 2.11. The summed E-state index contributed by atoms with van der Waals surface area (Å²) < 4.78 is 0. The zero-order chi connectivity index (χ0) is 25.6. The van der Waals surface area contributed by atoms with Gasteiger partial charge in [0.1, 0.15) is 6.04 Å². The SMILES string of the molecule is CSc1ncc(C#CCCCC(=O)NC(C(=O)NCC(=O)Nc2ccc(CO)cc2)C(C)C)cn1. The molecule has 1 aromatic carbocycles. The molecule has 1 aromatic heterocycles. The van der Waals surface area contributed by atoms with Crippen molar-refractivity contribution in [3.8, 4) is 11.8 Å².